The van der Waals surface area contributed by atoms with Gasteiger partial charge in [0.2, 0.25) is 5.91 Å². The van der Waals surface area contributed by atoms with Crippen LogP contribution in [0, 0.1) is 5.92 Å². The number of rotatable bonds is 6. The van der Waals surface area contributed by atoms with Gasteiger partial charge in [0, 0.05) is 45.8 Å². The van der Waals surface area contributed by atoms with Crippen LogP contribution in [0.4, 0.5) is 0 Å². The lowest BCUT2D eigenvalue weighted by atomic mass is 9.78. The van der Waals surface area contributed by atoms with E-state index < -0.39 is 0 Å². The molecule has 6 nitrogen and oxygen atoms in total. The molecule has 1 aromatic carbocycles. The molecular weight excluding hydrogens is 380 g/mol. The van der Waals surface area contributed by atoms with Crippen molar-refractivity contribution in [3.8, 4) is 5.75 Å². The first-order chi connectivity index (χ1) is 14.7. The van der Waals surface area contributed by atoms with Crippen LogP contribution in [-0.4, -0.2) is 73.9 Å². The molecule has 1 spiro atoms. The van der Waals surface area contributed by atoms with E-state index in [1.807, 2.05) is 17.9 Å². The molecule has 1 unspecified atom stereocenters. The number of ether oxygens (including phenoxy) is 3. The second-order valence-electron chi connectivity index (χ2n) is 8.94. The SMILES string of the molecule is CCOc1cccc(CN2CCC3(CC2)CC(CC(=O)N2CCOCC2)CCO3)c1. The average molecular weight is 417 g/mol. The molecule has 6 heteroatoms. The fourth-order valence-electron chi connectivity index (χ4n) is 5.12. The molecule has 0 bridgehead atoms. The van der Waals surface area contributed by atoms with Crippen molar-refractivity contribution in [2.75, 3.05) is 52.6 Å². The van der Waals surface area contributed by atoms with Gasteiger partial charge in [0.15, 0.2) is 0 Å². The Labute approximate surface area is 180 Å². The molecule has 1 aromatic rings. The second kappa shape index (κ2) is 10.1. The van der Waals surface area contributed by atoms with E-state index in [1.165, 1.54) is 5.56 Å². The minimum atomic E-state index is -0.0299. The Hall–Kier alpha value is -1.63. The number of amides is 1. The van der Waals surface area contributed by atoms with E-state index in [0.29, 0.717) is 38.1 Å². The third kappa shape index (κ3) is 5.54. The van der Waals surface area contributed by atoms with Crippen molar-refractivity contribution in [2.24, 2.45) is 5.92 Å². The van der Waals surface area contributed by atoms with Gasteiger partial charge in [-0.25, -0.2) is 0 Å². The van der Waals surface area contributed by atoms with Crippen LogP contribution in [0.1, 0.15) is 44.6 Å². The molecule has 0 radical (unpaired) electrons. The highest BCUT2D eigenvalue weighted by atomic mass is 16.5. The molecule has 4 rings (SSSR count). The van der Waals surface area contributed by atoms with Crippen molar-refractivity contribution in [1.29, 1.82) is 0 Å². The molecule has 0 aromatic heterocycles. The van der Waals surface area contributed by atoms with Gasteiger partial charge in [0.05, 0.1) is 25.4 Å². The highest BCUT2D eigenvalue weighted by molar-refractivity contribution is 5.76. The Kier molecular flexibility index (Phi) is 7.28. The molecule has 3 saturated heterocycles. The molecule has 0 aliphatic carbocycles. The topological polar surface area (TPSA) is 51.2 Å². The molecule has 3 heterocycles. The van der Waals surface area contributed by atoms with Crippen LogP contribution in [0.3, 0.4) is 0 Å². The smallest absolute Gasteiger partial charge is 0.223 e. The second-order valence-corrected chi connectivity index (χ2v) is 8.94. The Balaban J connectivity index is 1.27. The zero-order valence-electron chi connectivity index (χ0n) is 18.3. The molecule has 3 fully saturated rings. The summed E-state index contributed by atoms with van der Waals surface area (Å²) in [7, 11) is 0. The first-order valence-electron chi connectivity index (χ1n) is 11.6. The van der Waals surface area contributed by atoms with E-state index >= 15 is 0 Å². The molecule has 0 saturated carbocycles. The van der Waals surface area contributed by atoms with Crippen LogP contribution in [0.2, 0.25) is 0 Å². The summed E-state index contributed by atoms with van der Waals surface area (Å²) < 4.78 is 17.3. The first-order valence-corrected chi connectivity index (χ1v) is 11.6. The third-order valence-electron chi connectivity index (χ3n) is 6.81. The molecule has 166 valence electrons. The number of hydrogen-bond acceptors (Lipinski definition) is 5. The van der Waals surface area contributed by atoms with Crippen LogP contribution in [-0.2, 0) is 20.8 Å². The monoisotopic (exact) mass is 416 g/mol. The Morgan fingerprint density at radius 3 is 2.73 bits per heavy atom. The summed E-state index contributed by atoms with van der Waals surface area (Å²) in [5, 5.41) is 0. The number of piperidine rings is 1. The zero-order chi connectivity index (χ0) is 20.8. The number of carbonyl (C=O) groups excluding carboxylic acids is 1. The van der Waals surface area contributed by atoms with E-state index in [2.05, 4.69) is 23.1 Å². The fourth-order valence-corrected chi connectivity index (χ4v) is 5.12. The number of morpholine rings is 1. The molecule has 3 aliphatic heterocycles. The highest BCUT2D eigenvalue weighted by Crippen LogP contribution is 2.39. The molecule has 1 atom stereocenters. The van der Waals surface area contributed by atoms with Gasteiger partial charge in [-0.05, 0) is 56.2 Å². The lowest BCUT2D eigenvalue weighted by Crippen LogP contribution is -2.50. The summed E-state index contributed by atoms with van der Waals surface area (Å²) in [6, 6.07) is 8.42. The Morgan fingerprint density at radius 1 is 1.17 bits per heavy atom. The summed E-state index contributed by atoms with van der Waals surface area (Å²) >= 11 is 0. The van der Waals surface area contributed by atoms with Gasteiger partial charge in [-0.2, -0.15) is 0 Å². The van der Waals surface area contributed by atoms with Crippen molar-refractivity contribution in [3.05, 3.63) is 29.8 Å². The van der Waals surface area contributed by atoms with Crippen molar-refractivity contribution in [3.63, 3.8) is 0 Å². The number of carbonyl (C=O) groups is 1. The van der Waals surface area contributed by atoms with Crippen molar-refractivity contribution in [2.45, 2.75) is 51.2 Å². The quantitative estimate of drug-likeness (QED) is 0.713. The molecule has 3 aliphatic rings. The van der Waals surface area contributed by atoms with Gasteiger partial charge in [0.25, 0.3) is 0 Å². The third-order valence-corrected chi connectivity index (χ3v) is 6.81. The van der Waals surface area contributed by atoms with Gasteiger partial charge in [0.1, 0.15) is 5.75 Å². The highest BCUT2D eigenvalue weighted by Gasteiger charge is 2.41. The number of hydrogen-bond donors (Lipinski definition) is 0. The number of benzene rings is 1. The zero-order valence-corrected chi connectivity index (χ0v) is 18.3. The summed E-state index contributed by atoms with van der Waals surface area (Å²) in [4.78, 5) is 17.2. The minimum Gasteiger partial charge on any atom is -0.494 e. The van der Waals surface area contributed by atoms with Gasteiger partial charge in [-0.1, -0.05) is 12.1 Å². The van der Waals surface area contributed by atoms with Crippen molar-refractivity contribution < 1.29 is 19.0 Å². The van der Waals surface area contributed by atoms with Crippen LogP contribution in [0.25, 0.3) is 0 Å². The van der Waals surface area contributed by atoms with Crippen LogP contribution in [0.15, 0.2) is 24.3 Å². The average Bonchev–Trinajstić information content (AvgIpc) is 2.77. The van der Waals surface area contributed by atoms with E-state index in [9.17, 15) is 4.79 Å². The lowest BCUT2D eigenvalue weighted by Gasteiger charge is -2.46. The molecule has 0 N–H and O–H groups in total. The summed E-state index contributed by atoms with van der Waals surface area (Å²) in [6.45, 7) is 9.38. The lowest BCUT2D eigenvalue weighted by molar-refractivity contribution is -0.145. The molecule has 30 heavy (non-hydrogen) atoms. The van der Waals surface area contributed by atoms with Crippen molar-refractivity contribution >= 4 is 5.91 Å². The number of nitrogens with zero attached hydrogens (tertiary/aromatic N) is 2. The molecular formula is C24H36N2O4. The summed E-state index contributed by atoms with van der Waals surface area (Å²) in [5.41, 5.74) is 1.27. The van der Waals surface area contributed by atoms with Crippen LogP contribution in [0.5, 0.6) is 5.75 Å². The van der Waals surface area contributed by atoms with E-state index in [4.69, 9.17) is 14.2 Å². The maximum atomic E-state index is 12.7. The van der Waals surface area contributed by atoms with Crippen LogP contribution >= 0.6 is 0 Å². The van der Waals surface area contributed by atoms with E-state index in [1.54, 1.807) is 0 Å². The first kappa shape index (κ1) is 21.6. The standard InChI is InChI=1S/C24H36N2O4/c1-2-29-22-5-3-4-21(16-22)19-25-9-7-24(8-10-25)18-20(6-13-30-24)17-23(27)26-11-14-28-15-12-26/h3-5,16,20H,2,6-15,17-19H2,1H3. The van der Waals surface area contributed by atoms with Gasteiger partial charge in [-0.15, -0.1) is 0 Å². The summed E-state index contributed by atoms with van der Waals surface area (Å²) in [6.07, 6.45) is 4.81. The maximum absolute atomic E-state index is 12.7. The predicted octanol–water partition coefficient (Wildman–Crippen LogP) is 3.10. The van der Waals surface area contributed by atoms with Gasteiger partial charge >= 0.3 is 0 Å². The van der Waals surface area contributed by atoms with E-state index in [-0.39, 0.29) is 5.60 Å². The largest absolute Gasteiger partial charge is 0.494 e. The fraction of sp³-hybridized carbons (Fsp3) is 0.708. The van der Waals surface area contributed by atoms with Gasteiger partial charge < -0.3 is 19.1 Å². The minimum absolute atomic E-state index is 0.0299. The Morgan fingerprint density at radius 2 is 1.97 bits per heavy atom. The maximum Gasteiger partial charge on any atom is 0.223 e. The summed E-state index contributed by atoms with van der Waals surface area (Å²) in [5.74, 6) is 1.70. The van der Waals surface area contributed by atoms with Crippen molar-refractivity contribution in [1.82, 2.24) is 9.80 Å². The predicted molar refractivity (Wildman–Crippen MR) is 116 cm³/mol. The molecule has 1 amide bonds. The number of likely N-dealkylation sites (tertiary alicyclic amines) is 1. The van der Waals surface area contributed by atoms with Gasteiger partial charge in [-0.3, -0.25) is 9.69 Å². The van der Waals surface area contributed by atoms with Crippen LogP contribution < -0.4 is 4.74 Å². The normalized spacial score (nSPS) is 24.7. The van der Waals surface area contributed by atoms with E-state index in [0.717, 1.165) is 70.8 Å². The Bertz CT molecular complexity index is 696.